The summed E-state index contributed by atoms with van der Waals surface area (Å²) in [7, 11) is 2.87. The molecule has 0 aliphatic heterocycles. The van der Waals surface area contributed by atoms with Gasteiger partial charge in [0.2, 0.25) is 0 Å². The molecule has 1 unspecified atom stereocenters. The van der Waals surface area contributed by atoms with Crippen molar-refractivity contribution in [2.45, 2.75) is 12.5 Å². The maximum Gasteiger partial charge on any atom is 0.319 e. The number of rotatable bonds is 7. The van der Waals surface area contributed by atoms with Gasteiger partial charge in [0.05, 0.1) is 26.4 Å². The highest BCUT2D eigenvalue weighted by atomic mass is 16.5. The summed E-state index contributed by atoms with van der Waals surface area (Å²) >= 11 is 0. The Labute approximate surface area is 78.0 Å². The van der Waals surface area contributed by atoms with Crippen molar-refractivity contribution in [2.24, 2.45) is 0 Å². The molecule has 0 rings (SSSR count). The first-order chi connectivity index (χ1) is 6.20. The van der Waals surface area contributed by atoms with E-state index in [9.17, 15) is 9.90 Å². The number of hydrogen-bond acceptors (Lipinski definition) is 5. The van der Waals surface area contributed by atoms with Crippen LogP contribution in [0.5, 0.6) is 0 Å². The van der Waals surface area contributed by atoms with Crippen LogP contribution in [0.4, 0.5) is 0 Å². The lowest BCUT2D eigenvalue weighted by molar-refractivity contribution is -0.139. The summed E-state index contributed by atoms with van der Waals surface area (Å²) in [4.78, 5) is 10.6. The summed E-state index contributed by atoms with van der Waals surface area (Å²) in [5.74, 6) is -0.304. The van der Waals surface area contributed by atoms with E-state index in [1.165, 1.54) is 14.2 Å². The number of esters is 1. The van der Waals surface area contributed by atoms with Crippen molar-refractivity contribution in [2.75, 3.05) is 33.9 Å². The molecule has 0 saturated carbocycles. The van der Waals surface area contributed by atoms with Crippen molar-refractivity contribution in [3.8, 4) is 0 Å². The average molecular weight is 191 g/mol. The summed E-state index contributed by atoms with van der Waals surface area (Å²) in [5.41, 5.74) is 0. The van der Waals surface area contributed by atoms with Crippen LogP contribution in [0.1, 0.15) is 6.42 Å². The number of carbonyl (C=O) groups excluding carboxylic acids is 1. The zero-order valence-corrected chi connectivity index (χ0v) is 8.08. The lowest BCUT2D eigenvalue weighted by Crippen LogP contribution is -2.28. The first-order valence-corrected chi connectivity index (χ1v) is 4.15. The van der Waals surface area contributed by atoms with E-state index >= 15 is 0 Å². The van der Waals surface area contributed by atoms with E-state index in [4.69, 9.17) is 4.74 Å². The summed E-state index contributed by atoms with van der Waals surface area (Å²) in [6, 6.07) is 0. The van der Waals surface area contributed by atoms with Gasteiger partial charge in [-0.05, 0) is 13.0 Å². The predicted molar refractivity (Wildman–Crippen MR) is 47.4 cm³/mol. The number of aliphatic hydroxyl groups is 1. The second-order valence-corrected chi connectivity index (χ2v) is 2.65. The molecular formula is C8H17NO4. The normalized spacial score (nSPS) is 12.5. The van der Waals surface area contributed by atoms with E-state index in [1.807, 2.05) is 0 Å². The SMILES string of the molecule is COCC(O)CCNCC(=O)OC. The highest BCUT2D eigenvalue weighted by molar-refractivity contribution is 5.71. The van der Waals surface area contributed by atoms with E-state index < -0.39 is 6.10 Å². The number of methoxy groups -OCH3 is 2. The first-order valence-electron chi connectivity index (χ1n) is 4.15. The minimum absolute atomic E-state index is 0.177. The molecule has 2 N–H and O–H groups in total. The van der Waals surface area contributed by atoms with Gasteiger partial charge in [-0.3, -0.25) is 4.79 Å². The molecule has 5 heteroatoms. The molecule has 0 saturated heterocycles. The van der Waals surface area contributed by atoms with Crippen molar-refractivity contribution in [1.82, 2.24) is 5.32 Å². The van der Waals surface area contributed by atoms with Gasteiger partial charge in [-0.15, -0.1) is 0 Å². The Morgan fingerprint density at radius 2 is 2.23 bits per heavy atom. The predicted octanol–water partition coefficient (Wildman–Crippen LogP) is -0.854. The molecule has 0 heterocycles. The largest absolute Gasteiger partial charge is 0.468 e. The zero-order valence-electron chi connectivity index (χ0n) is 8.08. The van der Waals surface area contributed by atoms with Crippen molar-refractivity contribution >= 4 is 5.97 Å². The Morgan fingerprint density at radius 3 is 2.77 bits per heavy atom. The molecule has 0 bridgehead atoms. The monoisotopic (exact) mass is 191 g/mol. The fraction of sp³-hybridized carbons (Fsp3) is 0.875. The molecule has 0 spiro atoms. The van der Waals surface area contributed by atoms with Crippen LogP contribution >= 0.6 is 0 Å². The van der Waals surface area contributed by atoms with Crippen molar-refractivity contribution in [3.63, 3.8) is 0 Å². The molecular weight excluding hydrogens is 174 g/mol. The topological polar surface area (TPSA) is 67.8 Å². The van der Waals surface area contributed by atoms with E-state index in [-0.39, 0.29) is 12.5 Å². The van der Waals surface area contributed by atoms with E-state index in [0.29, 0.717) is 19.6 Å². The molecule has 0 amide bonds. The fourth-order valence-corrected chi connectivity index (χ4v) is 0.807. The molecule has 0 aliphatic rings. The molecule has 78 valence electrons. The molecule has 0 fully saturated rings. The molecule has 0 aromatic rings. The van der Waals surface area contributed by atoms with Crippen LogP contribution in [0.2, 0.25) is 0 Å². The Balaban J connectivity index is 3.20. The minimum Gasteiger partial charge on any atom is -0.468 e. The van der Waals surface area contributed by atoms with Gasteiger partial charge in [-0.2, -0.15) is 0 Å². The van der Waals surface area contributed by atoms with Crippen LogP contribution < -0.4 is 5.32 Å². The van der Waals surface area contributed by atoms with E-state index in [1.54, 1.807) is 0 Å². The third kappa shape index (κ3) is 7.70. The Hall–Kier alpha value is -0.650. The lowest BCUT2D eigenvalue weighted by atomic mass is 10.3. The third-order valence-corrected chi connectivity index (χ3v) is 1.51. The smallest absolute Gasteiger partial charge is 0.319 e. The van der Waals surface area contributed by atoms with E-state index in [0.717, 1.165) is 0 Å². The van der Waals surface area contributed by atoms with Crippen LogP contribution in [-0.4, -0.2) is 51.1 Å². The van der Waals surface area contributed by atoms with Crippen LogP contribution in [-0.2, 0) is 14.3 Å². The van der Waals surface area contributed by atoms with Gasteiger partial charge in [0.25, 0.3) is 0 Å². The third-order valence-electron chi connectivity index (χ3n) is 1.51. The van der Waals surface area contributed by atoms with Crippen molar-refractivity contribution in [1.29, 1.82) is 0 Å². The molecule has 13 heavy (non-hydrogen) atoms. The summed E-state index contributed by atoms with van der Waals surface area (Å²) < 4.78 is 9.15. The average Bonchev–Trinajstić information content (AvgIpc) is 2.12. The molecule has 0 aromatic heterocycles. The van der Waals surface area contributed by atoms with Crippen molar-refractivity contribution < 1.29 is 19.4 Å². The standard InChI is InChI=1S/C8H17NO4/c1-12-6-7(10)3-4-9-5-8(11)13-2/h7,9-10H,3-6H2,1-2H3. The van der Waals surface area contributed by atoms with Crippen LogP contribution in [0, 0.1) is 0 Å². The van der Waals surface area contributed by atoms with Crippen LogP contribution in [0.15, 0.2) is 0 Å². The number of hydrogen-bond donors (Lipinski definition) is 2. The minimum atomic E-state index is -0.477. The summed E-state index contributed by atoms with van der Waals surface area (Å²) in [5, 5.41) is 12.0. The quantitative estimate of drug-likeness (QED) is 0.405. The second kappa shape index (κ2) is 7.97. The summed E-state index contributed by atoms with van der Waals surface area (Å²) in [6.45, 7) is 1.07. The molecule has 0 aromatic carbocycles. The van der Waals surface area contributed by atoms with E-state index in [2.05, 4.69) is 10.1 Å². The maximum atomic E-state index is 10.6. The maximum absolute atomic E-state index is 10.6. The molecule has 0 radical (unpaired) electrons. The van der Waals surface area contributed by atoms with Gasteiger partial charge in [0, 0.05) is 7.11 Å². The van der Waals surface area contributed by atoms with Gasteiger partial charge in [-0.25, -0.2) is 0 Å². The number of carbonyl (C=O) groups is 1. The van der Waals surface area contributed by atoms with Gasteiger partial charge in [0.1, 0.15) is 0 Å². The Kier molecular flexibility index (Phi) is 7.57. The fourth-order valence-electron chi connectivity index (χ4n) is 0.807. The van der Waals surface area contributed by atoms with Crippen LogP contribution in [0.25, 0.3) is 0 Å². The second-order valence-electron chi connectivity index (χ2n) is 2.65. The molecule has 5 nitrogen and oxygen atoms in total. The summed E-state index contributed by atoms with van der Waals surface area (Å²) in [6.07, 6.45) is 0.0836. The lowest BCUT2D eigenvalue weighted by Gasteiger charge is -2.09. The Morgan fingerprint density at radius 1 is 1.54 bits per heavy atom. The zero-order chi connectivity index (χ0) is 10.1. The number of nitrogens with one attached hydrogen (secondary N) is 1. The Bertz CT molecular complexity index is 140. The molecule has 0 aliphatic carbocycles. The van der Waals surface area contributed by atoms with Gasteiger partial charge >= 0.3 is 5.97 Å². The van der Waals surface area contributed by atoms with Gasteiger partial charge < -0.3 is 19.9 Å². The molecule has 1 atom stereocenters. The van der Waals surface area contributed by atoms with Gasteiger partial charge in [0.15, 0.2) is 0 Å². The number of ether oxygens (including phenoxy) is 2. The highest BCUT2D eigenvalue weighted by Gasteiger charge is 2.03. The van der Waals surface area contributed by atoms with Crippen molar-refractivity contribution in [3.05, 3.63) is 0 Å². The first kappa shape index (κ1) is 12.3. The number of aliphatic hydroxyl groups excluding tert-OH is 1. The van der Waals surface area contributed by atoms with Crippen LogP contribution in [0.3, 0.4) is 0 Å². The highest BCUT2D eigenvalue weighted by Crippen LogP contribution is 1.89. The van der Waals surface area contributed by atoms with Gasteiger partial charge in [-0.1, -0.05) is 0 Å².